The molecule has 2 aromatic carbocycles. The average Bonchev–Trinajstić information content (AvgIpc) is 2.65. The molecule has 0 spiro atoms. The van der Waals surface area contributed by atoms with Crippen molar-refractivity contribution in [2.24, 2.45) is 0 Å². The van der Waals surface area contributed by atoms with Gasteiger partial charge in [-0.15, -0.1) is 0 Å². The number of aryl methyl sites for hydroxylation is 1. The van der Waals surface area contributed by atoms with Crippen LogP contribution in [0.15, 0.2) is 48.5 Å². The largest absolute Gasteiger partial charge is 0.354 e. The molecule has 1 N–H and O–H groups in total. The fourth-order valence-corrected chi connectivity index (χ4v) is 4.26. The zero-order valence-electron chi connectivity index (χ0n) is 16.2. The van der Waals surface area contributed by atoms with Crippen molar-refractivity contribution < 1.29 is 18.1 Å². The number of rotatable bonds is 10. The van der Waals surface area contributed by atoms with Crippen molar-refractivity contribution in [1.29, 1.82) is 0 Å². The molecule has 1 amide bonds. The number of non-ortho nitro benzene ring substituents is 1. The van der Waals surface area contributed by atoms with Gasteiger partial charge in [0, 0.05) is 30.2 Å². The van der Waals surface area contributed by atoms with Gasteiger partial charge in [0.1, 0.15) is 6.54 Å². The lowest BCUT2D eigenvalue weighted by Crippen LogP contribution is -2.41. The van der Waals surface area contributed by atoms with E-state index in [1.807, 2.05) is 25.1 Å². The minimum absolute atomic E-state index is 0.0747. The van der Waals surface area contributed by atoms with Crippen LogP contribution in [0.3, 0.4) is 0 Å². The van der Waals surface area contributed by atoms with E-state index in [1.54, 1.807) is 11.8 Å². The summed E-state index contributed by atoms with van der Waals surface area (Å²) in [5.74, 6) is 1.02. The number of anilines is 1. The van der Waals surface area contributed by atoms with Crippen molar-refractivity contribution in [2.45, 2.75) is 12.7 Å². The first-order chi connectivity index (χ1) is 13.7. The molecule has 156 valence electrons. The lowest BCUT2D eigenvalue weighted by Gasteiger charge is -2.21. The van der Waals surface area contributed by atoms with Crippen LogP contribution in [-0.4, -0.2) is 44.3 Å². The number of carbonyl (C=O) groups excluding carboxylic acids is 1. The number of nitro groups is 1. The average molecular weight is 438 g/mol. The monoisotopic (exact) mass is 437 g/mol. The zero-order valence-corrected chi connectivity index (χ0v) is 17.8. The topological polar surface area (TPSA) is 110 Å². The molecule has 10 heteroatoms. The minimum atomic E-state index is -3.79. The van der Waals surface area contributed by atoms with Gasteiger partial charge in [-0.2, -0.15) is 11.8 Å². The summed E-state index contributed by atoms with van der Waals surface area (Å²) in [4.78, 5) is 22.5. The molecule has 0 radical (unpaired) electrons. The molecule has 8 nitrogen and oxygen atoms in total. The molecule has 0 aliphatic carbocycles. The number of benzene rings is 2. The smallest absolute Gasteiger partial charge is 0.271 e. The van der Waals surface area contributed by atoms with Gasteiger partial charge in [0.05, 0.1) is 16.9 Å². The molecule has 29 heavy (non-hydrogen) atoms. The molecule has 0 heterocycles. The first-order valence-corrected chi connectivity index (χ1v) is 11.8. The van der Waals surface area contributed by atoms with E-state index in [4.69, 9.17) is 0 Å². The molecule has 0 atom stereocenters. The summed E-state index contributed by atoms with van der Waals surface area (Å²) in [6.45, 7) is 1.98. The Bertz CT molecular complexity index is 979. The summed E-state index contributed by atoms with van der Waals surface area (Å²) in [5.41, 5.74) is 2.23. The number of nitrogens with one attached hydrogen (secondary N) is 1. The van der Waals surface area contributed by atoms with Crippen LogP contribution < -0.4 is 9.62 Å². The zero-order chi connectivity index (χ0) is 21.4. The molecular weight excluding hydrogens is 414 g/mol. The van der Waals surface area contributed by atoms with Crippen LogP contribution in [0.1, 0.15) is 11.1 Å². The van der Waals surface area contributed by atoms with Gasteiger partial charge in [0.25, 0.3) is 5.69 Å². The van der Waals surface area contributed by atoms with E-state index in [9.17, 15) is 23.3 Å². The quantitative estimate of drug-likeness (QED) is 0.348. The normalized spacial score (nSPS) is 11.1. The van der Waals surface area contributed by atoms with Crippen molar-refractivity contribution in [3.63, 3.8) is 0 Å². The van der Waals surface area contributed by atoms with Crippen LogP contribution in [0.4, 0.5) is 11.4 Å². The van der Waals surface area contributed by atoms with Crippen LogP contribution in [0, 0.1) is 17.0 Å². The van der Waals surface area contributed by atoms with Gasteiger partial charge in [0.2, 0.25) is 15.9 Å². The Hall–Kier alpha value is -2.59. The van der Waals surface area contributed by atoms with Crippen LogP contribution >= 0.6 is 11.8 Å². The fourth-order valence-electron chi connectivity index (χ4n) is 2.60. The number of thioether (sulfide) groups is 1. The molecule has 2 rings (SSSR count). The predicted octanol–water partition coefficient (Wildman–Crippen LogP) is 2.72. The van der Waals surface area contributed by atoms with E-state index >= 15 is 0 Å². The van der Waals surface area contributed by atoms with Crippen molar-refractivity contribution in [1.82, 2.24) is 5.32 Å². The van der Waals surface area contributed by atoms with Crippen molar-refractivity contribution in [3.05, 3.63) is 69.8 Å². The summed E-state index contributed by atoms with van der Waals surface area (Å²) in [5, 5.41) is 13.6. The van der Waals surface area contributed by atoms with Gasteiger partial charge < -0.3 is 5.32 Å². The Morgan fingerprint density at radius 3 is 2.59 bits per heavy atom. The minimum Gasteiger partial charge on any atom is -0.354 e. The van der Waals surface area contributed by atoms with Gasteiger partial charge in [-0.3, -0.25) is 19.2 Å². The second kappa shape index (κ2) is 10.3. The summed E-state index contributed by atoms with van der Waals surface area (Å²) in [6, 6.07) is 13.4. The Labute approximate surface area is 174 Å². The van der Waals surface area contributed by atoms with Crippen LogP contribution in [0.5, 0.6) is 0 Å². The predicted molar refractivity (Wildman–Crippen MR) is 116 cm³/mol. The number of carbonyl (C=O) groups is 1. The van der Waals surface area contributed by atoms with Crippen molar-refractivity contribution in [3.8, 4) is 0 Å². The SMILES string of the molecule is Cc1cccc(CSCCNC(=O)CN(c2cccc([N+](=O)[O-])c2)S(C)(=O)=O)c1. The second-order valence-corrected chi connectivity index (χ2v) is 9.45. The molecule has 0 fully saturated rings. The number of sulfonamides is 1. The maximum Gasteiger partial charge on any atom is 0.271 e. The lowest BCUT2D eigenvalue weighted by atomic mass is 10.2. The summed E-state index contributed by atoms with van der Waals surface area (Å²) in [6.07, 6.45) is 0.955. The number of hydrogen-bond donors (Lipinski definition) is 1. The highest BCUT2D eigenvalue weighted by Gasteiger charge is 2.22. The number of nitro benzene ring substituents is 1. The van der Waals surface area contributed by atoms with Crippen LogP contribution in [-0.2, 0) is 20.6 Å². The van der Waals surface area contributed by atoms with E-state index < -0.39 is 27.4 Å². The first-order valence-electron chi connectivity index (χ1n) is 8.79. The van der Waals surface area contributed by atoms with Gasteiger partial charge in [-0.05, 0) is 18.6 Å². The molecule has 0 saturated heterocycles. The van der Waals surface area contributed by atoms with Gasteiger partial charge >= 0.3 is 0 Å². The standard InChI is InChI=1S/C19H23N3O5S2/c1-15-5-3-6-16(11-15)14-28-10-9-20-19(23)13-21(29(2,26)27)17-7-4-8-18(12-17)22(24)25/h3-8,11-12H,9-10,13-14H2,1-2H3,(H,20,23). The van der Waals surface area contributed by atoms with Crippen molar-refractivity contribution in [2.75, 3.05) is 29.4 Å². The van der Waals surface area contributed by atoms with E-state index in [-0.39, 0.29) is 11.4 Å². The Morgan fingerprint density at radius 2 is 1.93 bits per heavy atom. The van der Waals surface area contributed by atoms with Gasteiger partial charge in [-0.25, -0.2) is 8.42 Å². The third-order valence-corrected chi connectivity index (χ3v) is 6.11. The Morgan fingerprint density at radius 1 is 1.21 bits per heavy atom. The number of nitrogens with zero attached hydrogens (tertiary/aromatic N) is 2. The molecule has 0 saturated carbocycles. The first kappa shape index (κ1) is 22.7. The fraction of sp³-hybridized carbons (Fsp3) is 0.316. The van der Waals surface area contributed by atoms with Gasteiger partial charge in [0.15, 0.2) is 0 Å². The third-order valence-electron chi connectivity index (χ3n) is 3.94. The summed E-state index contributed by atoms with van der Waals surface area (Å²) in [7, 11) is -3.79. The summed E-state index contributed by atoms with van der Waals surface area (Å²) < 4.78 is 25.0. The highest BCUT2D eigenvalue weighted by Crippen LogP contribution is 2.23. The number of amides is 1. The number of hydrogen-bond acceptors (Lipinski definition) is 6. The van der Waals surface area contributed by atoms with Crippen LogP contribution in [0.25, 0.3) is 0 Å². The van der Waals surface area contributed by atoms with E-state index in [2.05, 4.69) is 11.4 Å². The Kier molecular flexibility index (Phi) is 8.03. The molecular formula is C19H23N3O5S2. The van der Waals surface area contributed by atoms with Crippen LogP contribution in [0.2, 0.25) is 0 Å². The maximum absolute atomic E-state index is 12.2. The lowest BCUT2D eigenvalue weighted by molar-refractivity contribution is -0.384. The molecule has 0 bridgehead atoms. The molecule has 0 aliphatic rings. The molecule has 0 aromatic heterocycles. The highest BCUT2D eigenvalue weighted by molar-refractivity contribution is 7.98. The molecule has 0 aliphatic heterocycles. The molecule has 2 aromatic rings. The molecule has 0 unspecified atom stereocenters. The maximum atomic E-state index is 12.2. The summed E-state index contributed by atoms with van der Waals surface area (Å²) >= 11 is 1.66. The highest BCUT2D eigenvalue weighted by atomic mass is 32.2. The van der Waals surface area contributed by atoms with Gasteiger partial charge in [-0.1, -0.05) is 35.9 Å². The Balaban J connectivity index is 1.89. The van der Waals surface area contributed by atoms with E-state index in [1.165, 1.54) is 29.3 Å². The van der Waals surface area contributed by atoms with E-state index in [0.29, 0.717) is 12.3 Å². The third kappa shape index (κ3) is 7.39. The van der Waals surface area contributed by atoms with Crippen molar-refractivity contribution >= 4 is 39.1 Å². The van der Waals surface area contributed by atoms with E-state index in [0.717, 1.165) is 22.4 Å². The second-order valence-electron chi connectivity index (χ2n) is 6.44.